The van der Waals surface area contributed by atoms with Crippen molar-refractivity contribution in [2.45, 2.75) is 50.0 Å². The van der Waals surface area contributed by atoms with Crippen LogP contribution in [0.15, 0.2) is 33.7 Å². The number of guanidine groups is 1. The van der Waals surface area contributed by atoms with Crippen molar-refractivity contribution in [3.63, 3.8) is 0 Å². The summed E-state index contributed by atoms with van der Waals surface area (Å²) in [5, 5.41) is 9.77. The molecule has 0 bridgehead atoms. The van der Waals surface area contributed by atoms with E-state index in [1.54, 1.807) is 7.05 Å². The molecule has 3 rings (SSSR count). The molecular weight excluding hydrogens is 380 g/mol. The van der Waals surface area contributed by atoms with Gasteiger partial charge in [0, 0.05) is 42.5 Å². The minimum absolute atomic E-state index is 0.165. The molecule has 0 atom stereocenters. The number of amides is 1. The summed E-state index contributed by atoms with van der Waals surface area (Å²) in [4.78, 5) is 16.0. The van der Waals surface area contributed by atoms with Crippen LogP contribution in [-0.2, 0) is 10.2 Å². The number of rotatable bonds is 8. The minimum atomic E-state index is 0.165. The van der Waals surface area contributed by atoms with Crippen molar-refractivity contribution in [1.29, 1.82) is 0 Å². The fourth-order valence-corrected chi connectivity index (χ4v) is 3.75. The highest BCUT2D eigenvalue weighted by Crippen LogP contribution is 2.49. The first kappa shape index (κ1) is 18.2. The predicted molar refractivity (Wildman–Crippen MR) is 105 cm³/mol. The summed E-state index contributed by atoms with van der Waals surface area (Å²) in [5.41, 5.74) is 1.58. The Morgan fingerprint density at radius 1 is 1.28 bits per heavy atom. The summed E-state index contributed by atoms with van der Waals surface area (Å²) in [6.45, 7) is 1.62. The van der Waals surface area contributed by atoms with E-state index >= 15 is 0 Å². The summed E-state index contributed by atoms with van der Waals surface area (Å²) in [6, 6.07) is 8.90. The zero-order valence-electron chi connectivity index (χ0n) is 14.8. The molecule has 0 spiro atoms. The van der Waals surface area contributed by atoms with Crippen LogP contribution in [-0.4, -0.2) is 38.0 Å². The van der Waals surface area contributed by atoms with Gasteiger partial charge in [0.05, 0.1) is 0 Å². The summed E-state index contributed by atoms with van der Waals surface area (Å²) in [5.74, 6) is 0.971. The molecule has 6 heteroatoms. The van der Waals surface area contributed by atoms with E-state index in [2.05, 4.69) is 61.1 Å². The van der Waals surface area contributed by atoms with Crippen LogP contribution in [0.2, 0.25) is 0 Å². The molecule has 2 aliphatic carbocycles. The van der Waals surface area contributed by atoms with Crippen molar-refractivity contribution in [2.24, 2.45) is 4.99 Å². The van der Waals surface area contributed by atoms with E-state index in [-0.39, 0.29) is 11.3 Å². The molecule has 1 aromatic rings. The third-order valence-electron chi connectivity index (χ3n) is 4.93. The van der Waals surface area contributed by atoms with Crippen LogP contribution >= 0.6 is 15.9 Å². The van der Waals surface area contributed by atoms with Crippen molar-refractivity contribution in [3.8, 4) is 0 Å². The van der Waals surface area contributed by atoms with Crippen LogP contribution in [0, 0.1) is 0 Å². The maximum atomic E-state index is 11.7. The fraction of sp³-hybridized carbons (Fsp3) is 0.579. The van der Waals surface area contributed by atoms with Crippen LogP contribution in [0.25, 0.3) is 0 Å². The van der Waals surface area contributed by atoms with Crippen LogP contribution in [0.3, 0.4) is 0 Å². The van der Waals surface area contributed by atoms with Crippen LogP contribution < -0.4 is 16.0 Å². The van der Waals surface area contributed by atoms with Gasteiger partial charge < -0.3 is 16.0 Å². The van der Waals surface area contributed by atoms with E-state index in [1.807, 2.05) is 0 Å². The van der Waals surface area contributed by atoms with Crippen molar-refractivity contribution in [3.05, 3.63) is 34.3 Å². The second kappa shape index (κ2) is 8.21. The van der Waals surface area contributed by atoms with E-state index in [4.69, 9.17) is 0 Å². The van der Waals surface area contributed by atoms with Crippen LogP contribution in [0.1, 0.15) is 44.1 Å². The third kappa shape index (κ3) is 5.21. The highest BCUT2D eigenvalue weighted by Gasteiger charge is 2.45. The second-order valence-electron chi connectivity index (χ2n) is 7.06. The maximum Gasteiger partial charge on any atom is 0.220 e. The molecule has 2 fully saturated rings. The Hall–Kier alpha value is -1.56. The lowest BCUT2D eigenvalue weighted by Crippen LogP contribution is -2.41. The van der Waals surface area contributed by atoms with E-state index in [1.165, 1.54) is 22.9 Å². The molecule has 25 heavy (non-hydrogen) atoms. The van der Waals surface area contributed by atoms with Gasteiger partial charge in [-0.05, 0) is 43.7 Å². The zero-order valence-corrected chi connectivity index (χ0v) is 16.4. The summed E-state index contributed by atoms with van der Waals surface area (Å²) >= 11 is 3.67. The molecular formula is C19H27BrN4O. The molecule has 0 unspecified atom stereocenters. The first-order valence-electron chi connectivity index (χ1n) is 9.12. The summed E-state index contributed by atoms with van der Waals surface area (Å²) < 4.78 is 1.18. The maximum absolute atomic E-state index is 11.7. The Morgan fingerprint density at radius 3 is 2.68 bits per heavy atom. The number of hydrogen-bond donors (Lipinski definition) is 3. The van der Waals surface area contributed by atoms with E-state index in [0.29, 0.717) is 12.5 Å². The normalized spacial score (nSPS) is 18.6. The second-order valence-corrected chi connectivity index (χ2v) is 7.91. The predicted octanol–water partition coefficient (Wildman–Crippen LogP) is 2.70. The molecule has 3 N–H and O–H groups in total. The Balaban J connectivity index is 1.39. The van der Waals surface area contributed by atoms with Gasteiger partial charge in [-0.15, -0.1) is 0 Å². The lowest BCUT2D eigenvalue weighted by Gasteiger charge is -2.20. The van der Waals surface area contributed by atoms with Gasteiger partial charge in [0.1, 0.15) is 0 Å². The quantitative estimate of drug-likeness (QED) is 0.353. The number of halogens is 1. The van der Waals surface area contributed by atoms with Gasteiger partial charge in [0.2, 0.25) is 5.91 Å². The largest absolute Gasteiger partial charge is 0.356 e. The lowest BCUT2D eigenvalue weighted by molar-refractivity contribution is -0.121. The Morgan fingerprint density at radius 2 is 2.04 bits per heavy atom. The Labute approximate surface area is 158 Å². The fourth-order valence-electron chi connectivity index (χ4n) is 3.04. The van der Waals surface area contributed by atoms with Crippen LogP contribution in [0.4, 0.5) is 0 Å². The molecule has 0 heterocycles. The lowest BCUT2D eigenvalue weighted by atomic mass is 9.96. The minimum Gasteiger partial charge on any atom is -0.356 e. The summed E-state index contributed by atoms with van der Waals surface area (Å²) in [7, 11) is 1.78. The molecule has 2 aliphatic rings. The van der Waals surface area contributed by atoms with Crippen molar-refractivity contribution in [1.82, 2.24) is 16.0 Å². The molecule has 1 aromatic carbocycles. The monoisotopic (exact) mass is 406 g/mol. The van der Waals surface area contributed by atoms with Crippen molar-refractivity contribution in [2.75, 3.05) is 20.1 Å². The molecule has 0 aromatic heterocycles. The number of carbonyl (C=O) groups excluding carboxylic acids is 1. The molecule has 2 saturated carbocycles. The SMILES string of the molecule is CN=C(NCCCC(=O)NC1CC1)NCC1(c2ccccc2Br)CC1. The standard InChI is InChI=1S/C19H27BrN4O/c1-21-18(22-12-4-7-17(25)24-14-8-9-14)23-13-19(10-11-19)15-5-2-3-6-16(15)20/h2-3,5-6,14H,4,7-13H2,1H3,(H,24,25)(H2,21,22,23). The number of nitrogens with zero attached hydrogens (tertiary/aromatic N) is 1. The molecule has 0 radical (unpaired) electrons. The van der Waals surface area contributed by atoms with E-state index in [0.717, 1.165) is 38.3 Å². The van der Waals surface area contributed by atoms with Crippen molar-refractivity contribution < 1.29 is 4.79 Å². The van der Waals surface area contributed by atoms with E-state index in [9.17, 15) is 4.79 Å². The number of benzene rings is 1. The Bertz CT molecular complexity index is 638. The van der Waals surface area contributed by atoms with Gasteiger partial charge in [-0.2, -0.15) is 0 Å². The highest BCUT2D eigenvalue weighted by molar-refractivity contribution is 9.10. The van der Waals surface area contributed by atoms with Crippen molar-refractivity contribution >= 4 is 27.8 Å². The molecule has 1 amide bonds. The number of carbonyl (C=O) groups is 1. The average Bonchev–Trinajstić information content (AvgIpc) is 3.51. The van der Waals surface area contributed by atoms with Gasteiger partial charge >= 0.3 is 0 Å². The van der Waals surface area contributed by atoms with Crippen LogP contribution in [0.5, 0.6) is 0 Å². The van der Waals surface area contributed by atoms with Gasteiger partial charge in [-0.3, -0.25) is 9.79 Å². The highest BCUT2D eigenvalue weighted by atomic mass is 79.9. The Kier molecular flexibility index (Phi) is 5.99. The van der Waals surface area contributed by atoms with Gasteiger partial charge in [-0.25, -0.2) is 0 Å². The van der Waals surface area contributed by atoms with Gasteiger partial charge in [0.25, 0.3) is 0 Å². The molecule has 0 saturated heterocycles. The number of nitrogens with one attached hydrogen (secondary N) is 3. The molecule has 5 nitrogen and oxygen atoms in total. The third-order valence-corrected chi connectivity index (χ3v) is 5.62. The first-order chi connectivity index (χ1) is 12.1. The zero-order chi connectivity index (χ0) is 17.7. The smallest absolute Gasteiger partial charge is 0.220 e. The molecule has 0 aliphatic heterocycles. The number of aliphatic imine (C=N–C) groups is 1. The average molecular weight is 407 g/mol. The van der Waals surface area contributed by atoms with Gasteiger partial charge in [-0.1, -0.05) is 34.1 Å². The van der Waals surface area contributed by atoms with E-state index < -0.39 is 0 Å². The number of hydrogen-bond acceptors (Lipinski definition) is 2. The summed E-state index contributed by atoms with van der Waals surface area (Å²) in [6.07, 6.45) is 6.05. The topological polar surface area (TPSA) is 65.5 Å². The first-order valence-corrected chi connectivity index (χ1v) is 9.91. The molecule has 136 valence electrons. The van der Waals surface area contributed by atoms with Gasteiger partial charge in [0.15, 0.2) is 5.96 Å².